The van der Waals surface area contributed by atoms with E-state index < -0.39 is 22.2 Å². The quantitative estimate of drug-likeness (QED) is 0.498. The van der Waals surface area contributed by atoms with Crippen molar-refractivity contribution in [2.24, 2.45) is 5.92 Å². The van der Waals surface area contributed by atoms with E-state index in [9.17, 15) is 18.3 Å². The number of fused-ring (bicyclic) bond motifs is 1. The second-order valence-electron chi connectivity index (χ2n) is 9.70. The molecule has 206 valence electrons. The predicted octanol–water partition coefficient (Wildman–Crippen LogP) is 1.54. The van der Waals surface area contributed by atoms with Gasteiger partial charge >= 0.3 is 0 Å². The fourth-order valence-corrected chi connectivity index (χ4v) is 5.15. The molecular formula is C27H36N4O6S. The maximum Gasteiger partial charge on any atom is 0.259 e. The molecule has 2 aromatic rings. The first kappa shape index (κ1) is 29.4. The van der Waals surface area contributed by atoms with Gasteiger partial charge in [0.2, 0.25) is 15.9 Å². The van der Waals surface area contributed by atoms with Crippen LogP contribution in [0.1, 0.15) is 29.8 Å². The van der Waals surface area contributed by atoms with E-state index in [4.69, 9.17) is 9.47 Å². The van der Waals surface area contributed by atoms with Gasteiger partial charge in [0.1, 0.15) is 17.4 Å². The Morgan fingerprint density at radius 2 is 1.95 bits per heavy atom. The van der Waals surface area contributed by atoms with Crippen molar-refractivity contribution in [3.05, 3.63) is 47.7 Å². The molecule has 1 aliphatic heterocycles. The molecule has 0 saturated carbocycles. The van der Waals surface area contributed by atoms with Crippen molar-refractivity contribution in [1.29, 1.82) is 0 Å². The fourth-order valence-electron chi connectivity index (χ4n) is 3.97. The second kappa shape index (κ2) is 12.6. The molecule has 0 fully saturated rings. The van der Waals surface area contributed by atoms with Crippen LogP contribution in [0.2, 0.25) is 0 Å². The highest BCUT2D eigenvalue weighted by atomic mass is 32.2. The van der Waals surface area contributed by atoms with Crippen LogP contribution in [0.3, 0.4) is 0 Å². The number of aliphatic hydroxyl groups excluding tert-OH is 1. The summed E-state index contributed by atoms with van der Waals surface area (Å²) in [6.45, 7) is 4.25. The lowest BCUT2D eigenvalue weighted by Gasteiger charge is -2.37. The maximum atomic E-state index is 13.5. The van der Waals surface area contributed by atoms with Crippen molar-refractivity contribution in [2.75, 3.05) is 54.5 Å². The largest absolute Gasteiger partial charge is 0.497 e. The zero-order chi connectivity index (χ0) is 28.0. The molecular weight excluding hydrogens is 508 g/mol. The number of pyridine rings is 1. The van der Waals surface area contributed by atoms with Gasteiger partial charge in [-0.3, -0.25) is 9.69 Å². The van der Waals surface area contributed by atoms with Crippen LogP contribution >= 0.6 is 0 Å². The van der Waals surface area contributed by atoms with Crippen LogP contribution in [0.4, 0.5) is 0 Å². The number of likely N-dealkylation sites (N-methyl/N-ethyl adjacent to an activating group) is 1. The Hall–Kier alpha value is -3.17. The standard InChI is InChI=1S/C27H36N4O6S/c1-19-16-31(20(2)18-32)27(33)24-14-21(8-7-13-29(3)4)15-28-26(24)37-25(19)17-30(5)38(34,35)23-11-9-22(36-6)10-12-23/h9-12,14-15,19-20,25,32H,13,16-18H2,1-6H3/t19-,20+,25-/m0/s1. The smallest absolute Gasteiger partial charge is 0.259 e. The minimum Gasteiger partial charge on any atom is -0.497 e. The average molecular weight is 545 g/mol. The molecule has 0 aliphatic carbocycles. The number of amides is 1. The third kappa shape index (κ3) is 6.82. The number of benzene rings is 1. The summed E-state index contributed by atoms with van der Waals surface area (Å²) in [4.78, 5) is 21.5. The van der Waals surface area contributed by atoms with E-state index in [1.807, 2.05) is 25.9 Å². The van der Waals surface area contributed by atoms with E-state index in [2.05, 4.69) is 16.8 Å². The summed E-state index contributed by atoms with van der Waals surface area (Å²) in [5.41, 5.74) is 0.781. The first-order valence-electron chi connectivity index (χ1n) is 12.3. The molecule has 38 heavy (non-hydrogen) atoms. The number of hydrogen-bond donors (Lipinski definition) is 1. The summed E-state index contributed by atoms with van der Waals surface area (Å²) in [6.07, 6.45) is 0.918. The Morgan fingerprint density at radius 3 is 2.55 bits per heavy atom. The van der Waals surface area contributed by atoms with E-state index in [0.717, 1.165) is 0 Å². The number of sulfonamides is 1. The summed E-state index contributed by atoms with van der Waals surface area (Å²) < 4.78 is 39.1. The van der Waals surface area contributed by atoms with Crippen LogP contribution in [-0.4, -0.2) is 105 Å². The molecule has 1 amide bonds. The van der Waals surface area contributed by atoms with Gasteiger partial charge in [-0.05, 0) is 51.4 Å². The number of ether oxygens (including phenoxy) is 2. The van der Waals surface area contributed by atoms with E-state index in [1.54, 1.807) is 30.0 Å². The summed E-state index contributed by atoms with van der Waals surface area (Å²) in [5.74, 6) is 6.11. The van der Waals surface area contributed by atoms with Crippen molar-refractivity contribution in [3.8, 4) is 23.5 Å². The highest BCUT2D eigenvalue weighted by Crippen LogP contribution is 2.28. The summed E-state index contributed by atoms with van der Waals surface area (Å²) in [6, 6.07) is 7.34. The molecule has 0 saturated heterocycles. The molecule has 1 N–H and O–H groups in total. The molecule has 0 unspecified atom stereocenters. The third-order valence-corrected chi connectivity index (χ3v) is 8.19. The first-order valence-corrected chi connectivity index (χ1v) is 13.7. The van der Waals surface area contributed by atoms with Crippen molar-refractivity contribution in [2.45, 2.75) is 30.9 Å². The van der Waals surface area contributed by atoms with Gasteiger partial charge in [-0.2, -0.15) is 4.31 Å². The van der Waals surface area contributed by atoms with E-state index in [0.29, 0.717) is 17.9 Å². The molecule has 3 atom stereocenters. The number of nitrogens with zero attached hydrogens (tertiary/aromatic N) is 4. The van der Waals surface area contributed by atoms with Crippen molar-refractivity contribution >= 4 is 15.9 Å². The van der Waals surface area contributed by atoms with Crippen LogP contribution in [-0.2, 0) is 10.0 Å². The van der Waals surface area contributed by atoms with Crippen LogP contribution in [0.25, 0.3) is 0 Å². The fraction of sp³-hybridized carbons (Fsp3) is 0.481. The van der Waals surface area contributed by atoms with Gasteiger partial charge in [0, 0.05) is 31.3 Å². The minimum atomic E-state index is -3.82. The molecule has 3 rings (SSSR count). The van der Waals surface area contributed by atoms with Crippen LogP contribution in [0, 0.1) is 17.8 Å². The third-order valence-electron chi connectivity index (χ3n) is 6.35. The molecule has 2 heterocycles. The van der Waals surface area contributed by atoms with Crippen molar-refractivity contribution in [1.82, 2.24) is 19.1 Å². The van der Waals surface area contributed by atoms with Gasteiger partial charge in [-0.25, -0.2) is 13.4 Å². The Bertz CT molecular complexity index is 1290. The number of hydrogen-bond acceptors (Lipinski definition) is 8. The second-order valence-corrected chi connectivity index (χ2v) is 11.7. The maximum absolute atomic E-state index is 13.5. The Balaban J connectivity index is 1.95. The number of aliphatic hydroxyl groups is 1. The number of carbonyl (C=O) groups excluding carboxylic acids is 1. The van der Waals surface area contributed by atoms with Crippen molar-refractivity contribution < 1.29 is 27.8 Å². The number of rotatable bonds is 8. The minimum absolute atomic E-state index is 0.0244. The molecule has 0 bridgehead atoms. The number of aromatic nitrogens is 1. The zero-order valence-corrected chi connectivity index (χ0v) is 23.5. The lowest BCUT2D eigenvalue weighted by Crippen LogP contribution is -2.50. The van der Waals surface area contributed by atoms with E-state index >= 15 is 0 Å². The highest BCUT2D eigenvalue weighted by Gasteiger charge is 2.35. The Morgan fingerprint density at radius 1 is 1.26 bits per heavy atom. The van der Waals surface area contributed by atoms with Gasteiger partial charge < -0.3 is 19.5 Å². The highest BCUT2D eigenvalue weighted by molar-refractivity contribution is 7.89. The number of methoxy groups -OCH3 is 1. The molecule has 10 nitrogen and oxygen atoms in total. The normalized spacial score (nSPS) is 18.7. The Kier molecular flexibility index (Phi) is 9.73. The molecule has 1 aromatic heterocycles. The van der Waals surface area contributed by atoms with Gasteiger partial charge in [-0.15, -0.1) is 0 Å². The van der Waals surface area contributed by atoms with Gasteiger partial charge in [-0.1, -0.05) is 18.8 Å². The van der Waals surface area contributed by atoms with Crippen LogP contribution in [0.15, 0.2) is 41.4 Å². The van der Waals surface area contributed by atoms with Crippen LogP contribution in [0.5, 0.6) is 11.6 Å². The van der Waals surface area contributed by atoms with Gasteiger partial charge in [0.15, 0.2) is 0 Å². The molecule has 1 aliphatic rings. The van der Waals surface area contributed by atoms with E-state index in [-0.39, 0.29) is 47.9 Å². The number of carbonyl (C=O) groups is 1. The van der Waals surface area contributed by atoms with E-state index in [1.165, 1.54) is 36.8 Å². The molecule has 0 spiro atoms. The van der Waals surface area contributed by atoms with Crippen molar-refractivity contribution in [3.63, 3.8) is 0 Å². The molecule has 11 heteroatoms. The zero-order valence-electron chi connectivity index (χ0n) is 22.7. The van der Waals surface area contributed by atoms with Gasteiger partial charge in [0.05, 0.1) is 37.7 Å². The predicted molar refractivity (Wildman–Crippen MR) is 144 cm³/mol. The monoisotopic (exact) mass is 544 g/mol. The SMILES string of the molecule is COc1ccc(S(=O)(=O)N(C)C[C@@H]2Oc3ncc(C#CCN(C)C)cc3C(=O)N([C@H](C)CO)C[C@@H]2C)cc1. The Labute approximate surface area is 225 Å². The summed E-state index contributed by atoms with van der Waals surface area (Å²) in [7, 11) is 3.00. The lowest BCUT2D eigenvalue weighted by atomic mass is 10.0. The first-order chi connectivity index (χ1) is 18.0. The molecule has 1 aromatic carbocycles. The molecule has 0 radical (unpaired) electrons. The van der Waals surface area contributed by atoms with Crippen LogP contribution < -0.4 is 9.47 Å². The summed E-state index contributed by atoms with van der Waals surface area (Å²) in [5, 5.41) is 9.84. The lowest BCUT2D eigenvalue weighted by molar-refractivity contribution is 0.0373. The summed E-state index contributed by atoms with van der Waals surface area (Å²) >= 11 is 0. The van der Waals surface area contributed by atoms with Gasteiger partial charge in [0.25, 0.3) is 5.91 Å². The average Bonchev–Trinajstić information content (AvgIpc) is 2.90. The topological polar surface area (TPSA) is 113 Å².